The number of aromatic nitrogens is 4. The Kier molecular flexibility index (Phi) is 10.5. The Morgan fingerprint density at radius 3 is 2.33 bits per heavy atom. The number of nitrogens with one attached hydrogen (secondary N) is 1. The molecule has 1 N–H and O–H groups in total. The lowest BCUT2D eigenvalue weighted by Gasteiger charge is -2.30. The van der Waals surface area contributed by atoms with Crippen LogP contribution in [0.3, 0.4) is 0 Å². The Bertz CT molecular complexity index is 1780. The summed E-state index contributed by atoms with van der Waals surface area (Å²) in [6, 6.07) is 8.54. The number of carbonyl (C=O) groups is 1. The number of rotatable bonds is 9. The van der Waals surface area contributed by atoms with E-state index in [0.29, 0.717) is 41.0 Å². The molecule has 2 aromatic heterocycles. The first kappa shape index (κ1) is 36.3. The van der Waals surface area contributed by atoms with E-state index in [2.05, 4.69) is 20.2 Å². The number of benzene rings is 2. The number of imidazole rings is 1. The standard InChI is InChI=1S/C32H30F7N6O2.ClH/c1-45(2,3)15-6-16-47-30(46)28(44-14-13-25-27(18-44)41-29(40-25)21-7-4-5-8-23(21)33)26-12-11-24(42-43-26)20-10-9-19(31(34,35)36)17-22(20)32(37,38)39;/h4-5,7-14,17,28H,6,15-16,18H2,1-3H3,(H,40,41);1H/q+1;/p-1. The Labute approximate surface area is 277 Å². The van der Waals surface area contributed by atoms with Gasteiger partial charge in [0, 0.05) is 18.2 Å². The van der Waals surface area contributed by atoms with Crippen LogP contribution in [0.15, 0.2) is 60.8 Å². The van der Waals surface area contributed by atoms with Gasteiger partial charge in [-0.1, -0.05) is 18.2 Å². The average molecular weight is 699 g/mol. The minimum absolute atomic E-state index is 0. The van der Waals surface area contributed by atoms with Crippen molar-refractivity contribution in [1.82, 2.24) is 25.1 Å². The number of halogens is 8. The summed E-state index contributed by atoms with van der Waals surface area (Å²) in [5, 5.41) is 7.92. The first-order chi connectivity index (χ1) is 22.0. The maximum absolute atomic E-state index is 14.4. The molecule has 1 aliphatic rings. The Morgan fingerprint density at radius 2 is 1.71 bits per heavy atom. The highest BCUT2D eigenvalue weighted by Gasteiger charge is 2.39. The third-order valence-corrected chi connectivity index (χ3v) is 7.37. The van der Waals surface area contributed by atoms with Crippen LogP contribution < -0.4 is 12.4 Å². The molecule has 2 aromatic carbocycles. The van der Waals surface area contributed by atoms with Gasteiger partial charge in [-0.3, -0.25) is 0 Å². The van der Waals surface area contributed by atoms with Crippen LogP contribution in [0.25, 0.3) is 28.7 Å². The summed E-state index contributed by atoms with van der Waals surface area (Å²) in [6.45, 7) is 0.843. The van der Waals surface area contributed by atoms with Crippen LogP contribution in [-0.2, 0) is 28.4 Å². The third kappa shape index (κ3) is 8.31. The smallest absolute Gasteiger partial charge is 0.417 e. The number of H-pyrrole nitrogens is 1. The lowest BCUT2D eigenvalue weighted by molar-refractivity contribution is -0.870. The maximum Gasteiger partial charge on any atom is 0.417 e. The zero-order valence-electron chi connectivity index (χ0n) is 25.8. The molecule has 0 spiro atoms. The molecular formula is C32H30ClF7N6O2. The highest BCUT2D eigenvalue weighted by molar-refractivity contribution is 5.78. The Balaban J connectivity index is 0.00000520. The second-order valence-electron chi connectivity index (χ2n) is 12.0. The fourth-order valence-corrected chi connectivity index (χ4v) is 5.06. The number of carbonyl (C=O) groups excluding carboxylic acids is 1. The number of ether oxygens (including phenoxy) is 1. The van der Waals surface area contributed by atoms with Crippen LogP contribution >= 0.6 is 0 Å². The lowest BCUT2D eigenvalue weighted by atomic mass is 10.00. The molecule has 0 radical (unpaired) electrons. The molecule has 1 atom stereocenters. The van der Waals surface area contributed by atoms with Crippen molar-refractivity contribution in [2.45, 2.75) is 31.4 Å². The second-order valence-corrected chi connectivity index (χ2v) is 12.0. The quantitative estimate of drug-likeness (QED) is 0.124. The van der Waals surface area contributed by atoms with Crippen LogP contribution in [0.4, 0.5) is 30.7 Å². The van der Waals surface area contributed by atoms with Gasteiger partial charge in [0.1, 0.15) is 11.6 Å². The van der Waals surface area contributed by atoms with Crippen molar-refractivity contribution in [3.8, 4) is 22.6 Å². The summed E-state index contributed by atoms with van der Waals surface area (Å²) in [7, 11) is 5.95. The molecule has 0 aliphatic carbocycles. The van der Waals surface area contributed by atoms with Crippen LogP contribution in [0.5, 0.6) is 0 Å². The van der Waals surface area contributed by atoms with E-state index < -0.39 is 46.9 Å². The summed E-state index contributed by atoms with van der Waals surface area (Å²) in [6.07, 6.45) is -6.34. The Hall–Kier alpha value is -4.50. The molecule has 3 heterocycles. The first-order valence-corrected chi connectivity index (χ1v) is 14.4. The number of alkyl halides is 6. The molecule has 16 heteroatoms. The van der Waals surface area contributed by atoms with Gasteiger partial charge in [-0.15, -0.1) is 0 Å². The maximum atomic E-state index is 14.4. The summed E-state index contributed by atoms with van der Waals surface area (Å²) >= 11 is 0. The number of hydrogen-bond donors (Lipinski definition) is 1. The van der Waals surface area contributed by atoms with Gasteiger partial charge >= 0.3 is 18.3 Å². The monoisotopic (exact) mass is 698 g/mol. The molecule has 5 rings (SSSR count). The molecule has 1 unspecified atom stereocenters. The third-order valence-electron chi connectivity index (χ3n) is 7.37. The van der Waals surface area contributed by atoms with Gasteiger partial charge in [-0.05, 0) is 42.5 Å². The fraction of sp³-hybridized carbons (Fsp3) is 0.312. The number of fused-ring (bicyclic) bond motifs is 1. The molecule has 0 saturated carbocycles. The molecule has 8 nitrogen and oxygen atoms in total. The predicted octanol–water partition coefficient (Wildman–Crippen LogP) is 3.88. The molecule has 4 aromatic rings. The normalized spacial score (nSPS) is 13.9. The average Bonchev–Trinajstić information content (AvgIpc) is 3.42. The van der Waals surface area contributed by atoms with Crippen molar-refractivity contribution in [1.29, 1.82) is 0 Å². The van der Waals surface area contributed by atoms with Gasteiger partial charge < -0.3 is 31.5 Å². The zero-order chi connectivity index (χ0) is 34.1. The minimum atomic E-state index is -5.11. The molecular weight excluding hydrogens is 669 g/mol. The van der Waals surface area contributed by atoms with Crippen molar-refractivity contribution in [2.24, 2.45) is 0 Å². The van der Waals surface area contributed by atoms with Crippen LogP contribution in [0, 0.1) is 5.82 Å². The summed E-state index contributed by atoms with van der Waals surface area (Å²) < 4.78 is 102. The summed E-state index contributed by atoms with van der Waals surface area (Å²) in [5.74, 6) is -0.913. The highest BCUT2D eigenvalue weighted by Crippen LogP contribution is 2.40. The van der Waals surface area contributed by atoms with Crippen LogP contribution in [0.2, 0.25) is 0 Å². The molecule has 0 fully saturated rings. The topological polar surface area (TPSA) is 84.0 Å². The summed E-state index contributed by atoms with van der Waals surface area (Å²) in [5.41, 5.74) is -2.61. The number of nitrogens with zero attached hydrogens (tertiary/aromatic N) is 5. The molecule has 0 amide bonds. The van der Waals surface area contributed by atoms with Gasteiger partial charge in [0.25, 0.3) is 0 Å². The second kappa shape index (κ2) is 13.9. The first-order valence-electron chi connectivity index (χ1n) is 14.4. The highest BCUT2D eigenvalue weighted by atomic mass is 35.5. The zero-order valence-corrected chi connectivity index (χ0v) is 26.6. The van der Waals surface area contributed by atoms with E-state index in [1.807, 2.05) is 21.1 Å². The van der Waals surface area contributed by atoms with Gasteiger partial charge in [0.15, 0.2) is 6.04 Å². The van der Waals surface area contributed by atoms with E-state index in [0.717, 1.165) is 6.07 Å². The SMILES string of the molecule is C[N+](C)(C)CCCOC(=O)C(c1ccc(-c2ccc(C(F)(F)F)cc2C(F)(F)F)nn1)N1C=Cc2[nH]c(-c3ccccc3F)nc2C1.[Cl-]. The van der Waals surface area contributed by atoms with Crippen LogP contribution in [-0.4, -0.2) is 69.8 Å². The molecule has 0 saturated heterocycles. The van der Waals surface area contributed by atoms with E-state index in [1.165, 1.54) is 12.1 Å². The molecule has 48 heavy (non-hydrogen) atoms. The van der Waals surface area contributed by atoms with Crippen LogP contribution in [0.1, 0.15) is 40.7 Å². The predicted molar refractivity (Wildman–Crippen MR) is 157 cm³/mol. The van der Waals surface area contributed by atoms with E-state index >= 15 is 0 Å². The van der Waals surface area contributed by atoms with Gasteiger partial charge in [0.2, 0.25) is 0 Å². The van der Waals surface area contributed by atoms with Crippen molar-refractivity contribution < 1.29 is 57.2 Å². The van der Waals surface area contributed by atoms with Gasteiger partial charge in [0.05, 0.1) is 80.3 Å². The van der Waals surface area contributed by atoms with Crippen molar-refractivity contribution in [3.63, 3.8) is 0 Å². The lowest BCUT2D eigenvalue weighted by Crippen LogP contribution is -3.00. The number of aromatic amines is 1. The van der Waals surface area contributed by atoms with Gasteiger partial charge in [-0.25, -0.2) is 14.2 Å². The van der Waals surface area contributed by atoms with E-state index in [4.69, 9.17) is 4.74 Å². The number of esters is 1. The summed E-state index contributed by atoms with van der Waals surface area (Å²) in [4.78, 5) is 22.6. The molecule has 256 valence electrons. The van der Waals surface area contributed by atoms with E-state index in [9.17, 15) is 35.5 Å². The largest absolute Gasteiger partial charge is 1.00 e. The minimum Gasteiger partial charge on any atom is -1.00 e. The number of quaternary nitrogens is 1. The van der Waals surface area contributed by atoms with Gasteiger partial charge in [-0.2, -0.15) is 36.5 Å². The fourth-order valence-electron chi connectivity index (χ4n) is 5.06. The number of hydrogen-bond acceptors (Lipinski definition) is 6. The van der Waals surface area contributed by atoms with E-state index in [1.54, 1.807) is 35.4 Å². The molecule has 1 aliphatic heterocycles. The Morgan fingerprint density at radius 1 is 0.979 bits per heavy atom. The molecule has 0 bridgehead atoms. The van der Waals surface area contributed by atoms with Crippen molar-refractivity contribution in [3.05, 3.63) is 94.8 Å². The van der Waals surface area contributed by atoms with E-state index in [-0.39, 0.29) is 54.4 Å². The van der Waals surface area contributed by atoms with Crippen molar-refractivity contribution in [2.75, 3.05) is 34.3 Å². The van der Waals surface area contributed by atoms with Crippen molar-refractivity contribution >= 4 is 12.0 Å².